The minimum absolute atomic E-state index is 0.196. The smallest absolute Gasteiger partial charge is 0.354 e. The van der Waals surface area contributed by atoms with Gasteiger partial charge in [-0.15, -0.1) is 0 Å². The predicted molar refractivity (Wildman–Crippen MR) is 131 cm³/mol. The van der Waals surface area contributed by atoms with Crippen LogP contribution in [0, 0.1) is 0 Å². The molecule has 3 nitrogen and oxygen atoms in total. The molecular formula is C27H25ClF3N3. The van der Waals surface area contributed by atoms with Gasteiger partial charge < -0.3 is 9.88 Å². The minimum Gasteiger partial charge on any atom is -0.354 e. The molecule has 1 atom stereocenters. The van der Waals surface area contributed by atoms with Crippen LogP contribution in [0.5, 0.6) is 0 Å². The lowest BCUT2D eigenvalue weighted by atomic mass is 9.91. The standard InChI is InChI=1S/C27H25ClF3N3/c1-33-14-16-34(17-15-33)26(19-6-10-20(11-7-19)27(29,30)31)24-22-4-2-3-5-23(22)32-25(24)18-8-12-21(28)13-9-18/h2-13,26,32H,14-17H2,1H3. The predicted octanol–water partition coefficient (Wildman–Crippen LogP) is 6.84. The van der Waals surface area contributed by atoms with E-state index in [1.54, 1.807) is 12.1 Å². The van der Waals surface area contributed by atoms with Gasteiger partial charge in [0.25, 0.3) is 0 Å². The zero-order valence-corrected chi connectivity index (χ0v) is 19.5. The van der Waals surface area contributed by atoms with Crippen molar-refractivity contribution in [2.75, 3.05) is 33.2 Å². The maximum atomic E-state index is 13.3. The highest BCUT2D eigenvalue weighted by atomic mass is 35.5. The van der Waals surface area contributed by atoms with Crippen molar-refractivity contribution in [3.05, 3.63) is 94.5 Å². The molecule has 3 aromatic carbocycles. The molecule has 2 heterocycles. The summed E-state index contributed by atoms with van der Waals surface area (Å²) in [6.07, 6.45) is -4.36. The van der Waals surface area contributed by atoms with E-state index in [0.717, 1.165) is 59.5 Å². The number of hydrogen-bond donors (Lipinski definition) is 1. The van der Waals surface area contributed by atoms with Crippen LogP contribution in [0.25, 0.3) is 22.2 Å². The Morgan fingerprint density at radius 3 is 2.15 bits per heavy atom. The van der Waals surface area contributed by atoms with Crippen LogP contribution in [0.1, 0.15) is 22.7 Å². The van der Waals surface area contributed by atoms with E-state index in [2.05, 4.69) is 27.9 Å². The number of nitrogens with one attached hydrogen (secondary N) is 1. The van der Waals surface area contributed by atoms with Gasteiger partial charge in [0, 0.05) is 47.7 Å². The number of aromatic nitrogens is 1. The van der Waals surface area contributed by atoms with Gasteiger partial charge in [-0.3, -0.25) is 4.90 Å². The first-order valence-corrected chi connectivity index (χ1v) is 11.7. The molecule has 0 saturated carbocycles. The molecule has 1 unspecified atom stereocenters. The van der Waals surface area contributed by atoms with Crippen molar-refractivity contribution in [2.24, 2.45) is 0 Å². The molecule has 34 heavy (non-hydrogen) atoms. The summed E-state index contributed by atoms with van der Waals surface area (Å²) in [7, 11) is 2.09. The number of alkyl halides is 3. The average molecular weight is 484 g/mol. The lowest BCUT2D eigenvalue weighted by Crippen LogP contribution is -2.46. The maximum absolute atomic E-state index is 13.3. The van der Waals surface area contributed by atoms with Crippen LogP contribution in [0.3, 0.4) is 0 Å². The number of likely N-dealkylation sites (N-methyl/N-ethyl adjacent to an activating group) is 1. The number of piperazine rings is 1. The van der Waals surface area contributed by atoms with E-state index in [9.17, 15) is 13.2 Å². The summed E-state index contributed by atoms with van der Waals surface area (Å²) in [6, 6.07) is 21.2. The molecule has 1 N–H and O–H groups in total. The monoisotopic (exact) mass is 483 g/mol. The van der Waals surface area contributed by atoms with Crippen molar-refractivity contribution in [2.45, 2.75) is 12.2 Å². The Hall–Kier alpha value is -2.80. The van der Waals surface area contributed by atoms with E-state index in [1.165, 1.54) is 12.1 Å². The van der Waals surface area contributed by atoms with E-state index in [4.69, 9.17) is 11.6 Å². The van der Waals surface area contributed by atoms with Crippen LogP contribution in [-0.2, 0) is 6.18 Å². The SMILES string of the molecule is CN1CCN(C(c2ccc(C(F)(F)F)cc2)c2c(-c3ccc(Cl)cc3)[nH]c3ccccc23)CC1. The first-order chi connectivity index (χ1) is 16.3. The number of para-hydroxylation sites is 1. The van der Waals surface area contributed by atoms with Crippen molar-refractivity contribution >= 4 is 22.5 Å². The van der Waals surface area contributed by atoms with Gasteiger partial charge in [-0.25, -0.2) is 0 Å². The first kappa shape index (κ1) is 23.0. The summed E-state index contributed by atoms with van der Waals surface area (Å²) < 4.78 is 39.9. The fourth-order valence-corrected chi connectivity index (χ4v) is 4.91. The van der Waals surface area contributed by atoms with Gasteiger partial charge in [0.2, 0.25) is 0 Å². The van der Waals surface area contributed by atoms with Crippen molar-refractivity contribution < 1.29 is 13.2 Å². The molecule has 4 aromatic rings. The number of aromatic amines is 1. The van der Waals surface area contributed by atoms with Crippen molar-refractivity contribution in [3.8, 4) is 11.3 Å². The Bertz CT molecular complexity index is 1270. The van der Waals surface area contributed by atoms with E-state index < -0.39 is 11.7 Å². The molecule has 1 aromatic heterocycles. The molecule has 176 valence electrons. The highest BCUT2D eigenvalue weighted by molar-refractivity contribution is 6.30. The van der Waals surface area contributed by atoms with Gasteiger partial charge >= 0.3 is 6.18 Å². The van der Waals surface area contributed by atoms with Gasteiger partial charge in [-0.05, 0) is 48.5 Å². The minimum atomic E-state index is -4.36. The zero-order chi connectivity index (χ0) is 23.9. The summed E-state index contributed by atoms with van der Waals surface area (Å²) in [6.45, 7) is 3.44. The molecule has 0 bridgehead atoms. The summed E-state index contributed by atoms with van der Waals surface area (Å²) in [5.41, 5.74) is 4.22. The number of H-pyrrole nitrogens is 1. The molecule has 0 radical (unpaired) electrons. The van der Waals surface area contributed by atoms with E-state index in [1.807, 2.05) is 42.5 Å². The van der Waals surface area contributed by atoms with Crippen LogP contribution in [0.4, 0.5) is 13.2 Å². The summed E-state index contributed by atoms with van der Waals surface area (Å²) in [5, 5.41) is 1.72. The quantitative estimate of drug-likeness (QED) is 0.343. The lowest BCUT2D eigenvalue weighted by Gasteiger charge is -2.39. The van der Waals surface area contributed by atoms with Crippen molar-refractivity contribution in [1.29, 1.82) is 0 Å². The second-order valence-electron chi connectivity index (χ2n) is 8.83. The highest BCUT2D eigenvalue weighted by Crippen LogP contribution is 2.42. The van der Waals surface area contributed by atoms with Crippen LogP contribution in [0.2, 0.25) is 5.02 Å². The second kappa shape index (κ2) is 9.10. The lowest BCUT2D eigenvalue weighted by molar-refractivity contribution is -0.137. The fourth-order valence-electron chi connectivity index (χ4n) is 4.79. The third kappa shape index (κ3) is 4.45. The van der Waals surface area contributed by atoms with E-state index in [0.29, 0.717) is 5.02 Å². The van der Waals surface area contributed by atoms with Crippen LogP contribution >= 0.6 is 11.6 Å². The van der Waals surface area contributed by atoms with Gasteiger partial charge in [0.1, 0.15) is 0 Å². The van der Waals surface area contributed by atoms with Crippen LogP contribution in [-0.4, -0.2) is 48.0 Å². The number of halogens is 4. The molecule has 1 saturated heterocycles. The normalized spacial score (nSPS) is 16.7. The molecule has 1 aliphatic heterocycles. The van der Waals surface area contributed by atoms with Crippen molar-refractivity contribution in [1.82, 2.24) is 14.8 Å². The molecular weight excluding hydrogens is 459 g/mol. The Morgan fingerprint density at radius 1 is 0.853 bits per heavy atom. The third-order valence-corrected chi connectivity index (χ3v) is 6.86. The fraction of sp³-hybridized carbons (Fsp3) is 0.259. The van der Waals surface area contributed by atoms with Gasteiger partial charge in [-0.2, -0.15) is 13.2 Å². The molecule has 0 aliphatic carbocycles. The number of nitrogens with zero attached hydrogens (tertiary/aromatic N) is 2. The largest absolute Gasteiger partial charge is 0.416 e. The van der Waals surface area contributed by atoms with Crippen LogP contribution in [0.15, 0.2) is 72.8 Å². The zero-order valence-electron chi connectivity index (χ0n) is 18.7. The molecule has 5 rings (SSSR count). The summed E-state index contributed by atoms with van der Waals surface area (Å²) in [5.74, 6) is 0. The summed E-state index contributed by atoms with van der Waals surface area (Å²) >= 11 is 6.15. The van der Waals surface area contributed by atoms with Crippen LogP contribution < -0.4 is 0 Å². The third-order valence-electron chi connectivity index (χ3n) is 6.61. The first-order valence-electron chi connectivity index (χ1n) is 11.3. The number of benzene rings is 3. The average Bonchev–Trinajstić information content (AvgIpc) is 3.20. The van der Waals surface area contributed by atoms with Gasteiger partial charge in [0.15, 0.2) is 0 Å². The number of fused-ring (bicyclic) bond motifs is 1. The number of rotatable bonds is 4. The van der Waals surface area contributed by atoms with E-state index >= 15 is 0 Å². The van der Waals surface area contributed by atoms with Gasteiger partial charge in [0.05, 0.1) is 17.3 Å². The Balaban J connectivity index is 1.70. The Labute approximate surface area is 201 Å². The molecule has 1 fully saturated rings. The number of hydrogen-bond acceptors (Lipinski definition) is 2. The molecule has 0 spiro atoms. The van der Waals surface area contributed by atoms with E-state index in [-0.39, 0.29) is 6.04 Å². The van der Waals surface area contributed by atoms with Gasteiger partial charge in [-0.1, -0.05) is 54.1 Å². The molecule has 7 heteroatoms. The molecule has 1 aliphatic rings. The molecule has 0 amide bonds. The highest BCUT2D eigenvalue weighted by Gasteiger charge is 2.33. The van der Waals surface area contributed by atoms with Crippen molar-refractivity contribution in [3.63, 3.8) is 0 Å². The Morgan fingerprint density at radius 2 is 1.50 bits per heavy atom. The topological polar surface area (TPSA) is 22.3 Å². The second-order valence-corrected chi connectivity index (χ2v) is 9.26. The Kier molecular flexibility index (Phi) is 6.15. The maximum Gasteiger partial charge on any atom is 0.416 e. The summed E-state index contributed by atoms with van der Waals surface area (Å²) in [4.78, 5) is 8.22.